The van der Waals surface area contributed by atoms with Gasteiger partial charge in [-0.05, 0) is 120 Å². The summed E-state index contributed by atoms with van der Waals surface area (Å²) < 4.78 is 6.58. The van der Waals surface area contributed by atoms with Crippen molar-refractivity contribution >= 4 is 67.8 Å². The predicted octanol–water partition coefficient (Wildman–Crippen LogP) is 12.7. The molecular formula is C58H43NOSi. The highest BCUT2D eigenvalue weighted by atomic mass is 28.3. The van der Waals surface area contributed by atoms with Crippen LogP contribution in [-0.2, 0) is 5.41 Å². The highest BCUT2D eigenvalue weighted by Gasteiger charge is 2.49. The number of rotatable bonds is 6. The van der Waals surface area contributed by atoms with E-state index in [1.165, 1.54) is 70.8 Å². The van der Waals surface area contributed by atoms with Crippen molar-refractivity contribution in [2.45, 2.75) is 26.2 Å². The minimum absolute atomic E-state index is 0.209. The normalized spacial score (nSPS) is 14.1. The van der Waals surface area contributed by atoms with E-state index < -0.39 is 8.07 Å². The Morgan fingerprint density at radius 2 is 1.05 bits per heavy atom. The zero-order valence-corrected chi connectivity index (χ0v) is 35.5. The third-order valence-electron chi connectivity index (χ3n) is 13.6. The van der Waals surface area contributed by atoms with Crippen LogP contribution in [0.15, 0.2) is 211 Å². The van der Waals surface area contributed by atoms with Gasteiger partial charge >= 0.3 is 0 Å². The molecule has 0 saturated heterocycles. The highest BCUT2D eigenvalue weighted by Crippen LogP contribution is 2.54. The van der Waals surface area contributed by atoms with Crippen molar-refractivity contribution in [3.05, 3.63) is 223 Å². The van der Waals surface area contributed by atoms with Crippen molar-refractivity contribution < 1.29 is 4.42 Å². The molecule has 2 nitrogen and oxygen atoms in total. The monoisotopic (exact) mass is 797 g/mol. The van der Waals surface area contributed by atoms with Crippen LogP contribution in [0.2, 0.25) is 0 Å². The van der Waals surface area contributed by atoms with Crippen molar-refractivity contribution in [3.63, 3.8) is 0 Å². The lowest BCUT2D eigenvalue weighted by molar-refractivity contribution is 0.660. The van der Waals surface area contributed by atoms with Gasteiger partial charge < -0.3 is 9.32 Å². The predicted molar refractivity (Wildman–Crippen MR) is 259 cm³/mol. The van der Waals surface area contributed by atoms with Gasteiger partial charge in [-0.15, -0.1) is 0 Å². The fourth-order valence-corrected chi connectivity index (χ4v) is 16.2. The van der Waals surface area contributed by atoms with E-state index in [9.17, 15) is 0 Å². The maximum absolute atomic E-state index is 6.58. The van der Waals surface area contributed by atoms with Crippen LogP contribution in [0, 0.1) is 6.92 Å². The number of aryl methyl sites for hydroxylation is 1. The molecule has 0 bridgehead atoms. The Hall–Kier alpha value is -7.20. The first-order valence-corrected chi connectivity index (χ1v) is 23.3. The molecule has 3 heteroatoms. The van der Waals surface area contributed by atoms with Gasteiger partial charge in [-0.2, -0.15) is 0 Å². The van der Waals surface area contributed by atoms with Crippen LogP contribution in [0.4, 0.5) is 17.1 Å². The van der Waals surface area contributed by atoms with E-state index in [1.807, 2.05) is 6.07 Å². The first kappa shape index (κ1) is 35.7. The van der Waals surface area contributed by atoms with Crippen LogP contribution < -0.4 is 25.6 Å². The summed E-state index contributed by atoms with van der Waals surface area (Å²) in [6.45, 7) is 7.03. The van der Waals surface area contributed by atoms with Gasteiger partial charge in [-0.25, -0.2) is 0 Å². The van der Waals surface area contributed by atoms with E-state index in [4.69, 9.17) is 4.42 Å². The SMILES string of the molecule is Cc1cc(N(c2ccc3c(c2)C(C)(C)c2cccc(-c4ccccc4)c2-3)c2ccc3c(c2)oc2ccccc23)cc([Si]2(c3ccccc3)c3ccccc3-c3ccccc32)c1. The van der Waals surface area contributed by atoms with Crippen molar-refractivity contribution in [1.82, 2.24) is 0 Å². The fraction of sp³-hybridized carbons (Fsp3) is 0.0690. The average molecular weight is 798 g/mol. The molecule has 1 aliphatic carbocycles. The maximum Gasteiger partial charge on any atom is 0.180 e. The number of hydrogen-bond acceptors (Lipinski definition) is 2. The molecule has 61 heavy (non-hydrogen) atoms. The van der Waals surface area contributed by atoms with Crippen LogP contribution in [-0.4, -0.2) is 8.07 Å². The lowest BCUT2D eigenvalue weighted by atomic mass is 9.81. The molecule has 0 unspecified atom stereocenters. The fourth-order valence-electron chi connectivity index (χ4n) is 10.9. The highest BCUT2D eigenvalue weighted by molar-refractivity contribution is 7.22. The summed E-state index contributed by atoms with van der Waals surface area (Å²) in [6.07, 6.45) is 0. The van der Waals surface area contributed by atoms with Gasteiger partial charge in [0.1, 0.15) is 11.2 Å². The first-order chi connectivity index (χ1) is 29.9. The topological polar surface area (TPSA) is 16.4 Å². The number of para-hydroxylation sites is 1. The van der Waals surface area contributed by atoms with Crippen LogP contribution in [0.1, 0.15) is 30.5 Å². The number of benzene rings is 9. The van der Waals surface area contributed by atoms with Gasteiger partial charge in [0, 0.05) is 39.3 Å². The van der Waals surface area contributed by atoms with E-state index >= 15 is 0 Å². The van der Waals surface area contributed by atoms with Crippen molar-refractivity contribution in [2.24, 2.45) is 0 Å². The summed E-state index contributed by atoms with van der Waals surface area (Å²) in [5, 5.41) is 7.92. The van der Waals surface area contributed by atoms with Crippen molar-refractivity contribution in [1.29, 1.82) is 0 Å². The number of hydrogen-bond donors (Lipinski definition) is 0. The molecule has 0 atom stereocenters. The van der Waals surface area contributed by atoms with Gasteiger partial charge in [0.05, 0.1) is 0 Å². The molecule has 2 aliphatic rings. The third kappa shape index (κ3) is 5.20. The molecule has 0 spiro atoms. The van der Waals surface area contributed by atoms with E-state index in [1.54, 1.807) is 0 Å². The molecule has 10 aromatic rings. The summed E-state index contributed by atoms with van der Waals surface area (Å²) in [5.41, 5.74) is 16.7. The van der Waals surface area contributed by atoms with Gasteiger partial charge in [0.2, 0.25) is 0 Å². The van der Waals surface area contributed by atoms with Crippen molar-refractivity contribution in [2.75, 3.05) is 4.90 Å². The Morgan fingerprint density at radius 1 is 0.426 bits per heavy atom. The molecule has 12 rings (SSSR count). The minimum atomic E-state index is -2.77. The zero-order chi connectivity index (χ0) is 40.9. The van der Waals surface area contributed by atoms with Gasteiger partial charge in [0.15, 0.2) is 8.07 Å². The second kappa shape index (κ2) is 13.4. The molecule has 0 saturated carbocycles. The summed E-state index contributed by atoms with van der Waals surface area (Å²) in [7, 11) is -2.77. The molecule has 1 aromatic heterocycles. The first-order valence-electron chi connectivity index (χ1n) is 21.3. The summed E-state index contributed by atoms with van der Waals surface area (Å²) in [5.74, 6) is 0. The Balaban J connectivity index is 1.11. The van der Waals surface area contributed by atoms with Crippen molar-refractivity contribution in [3.8, 4) is 33.4 Å². The Morgan fingerprint density at radius 3 is 1.82 bits per heavy atom. The zero-order valence-electron chi connectivity index (χ0n) is 34.5. The molecule has 9 aromatic carbocycles. The summed E-state index contributed by atoms with van der Waals surface area (Å²) >= 11 is 0. The lowest BCUT2D eigenvalue weighted by Crippen LogP contribution is -2.72. The van der Waals surface area contributed by atoms with Gasteiger partial charge in [0.25, 0.3) is 0 Å². The summed E-state index contributed by atoms with van der Waals surface area (Å²) in [6, 6.07) is 76.9. The molecule has 0 N–H and O–H groups in total. The van der Waals surface area contributed by atoms with E-state index in [-0.39, 0.29) is 5.41 Å². The molecule has 0 amide bonds. The lowest BCUT2D eigenvalue weighted by Gasteiger charge is -2.34. The Bertz CT molecular complexity index is 3320. The summed E-state index contributed by atoms with van der Waals surface area (Å²) in [4.78, 5) is 2.47. The molecular weight excluding hydrogens is 755 g/mol. The molecule has 0 radical (unpaired) electrons. The second-order valence-electron chi connectivity index (χ2n) is 17.3. The maximum atomic E-state index is 6.58. The quantitative estimate of drug-likeness (QED) is 0.156. The van der Waals surface area contributed by atoms with Gasteiger partial charge in [-0.1, -0.05) is 172 Å². The minimum Gasteiger partial charge on any atom is -0.456 e. The standard InChI is InChI=1S/C58H43NOSi/c1-38-33-42(35-44(34-38)61(43-19-8-5-9-20-43)55-27-14-11-22-48(55)49-23-12-15-28-56(49)61)59(41-29-31-47-46-21-10-13-26-53(46)60-54(47)37-41)40-30-32-50-52(36-40)58(2,3)51-25-16-24-45(57(50)51)39-17-6-4-7-18-39/h4-37H,1-3H3. The largest absolute Gasteiger partial charge is 0.456 e. The molecule has 0 fully saturated rings. The number of fused-ring (bicyclic) bond motifs is 9. The van der Waals surface area contributed by atoms with E-state index in [0.29, 0.717) is 0 Å². The van der Waals surface area contributed by atoms with Gasteiger partial charge in [-0.3, -0.25) is 0 Å². The smallest absolute Gasteiger partial charge is 0.180 e. The number of anilines is 3. The average Bonchev–Trinajstić information content (AvgIpc) is 3.90. The number of nitrogens with zero attached hydrogens (tertiary/aromatic N) is 1. The van der Waals surface area contributed by atoms with E-state index in [2.05, 4.69) is 226 Å². The molecule has 290 valence electrons. The van der Waals surface area contributed by atoms with E-state index in [0.717, 1.165) is 39.0 Å². The van der Waals surface area contributed by atoms with Crippen LogP contribution in [0.25, 0.3) is 55.3 Å². The van der Waals surface area contributed by atoms with Crippen LogP contribution >= 0.6 is 0 Å². The van der Waals surface area contributed by atoms with Crippen LogP contribution in [0.3, 0.4) is 0 Å². The third-order valence-corrected chi connectivity index (χ3v) is 18.4. The number of furan rings is 1. The molecule has 1 aliphatic heterocycles. The second-order valence-corrected chi connectivity index (χ2v) is 21.1. The van der Waals surface area contributed by atoms with Crippen LogP contribution in [0.5, 0.6) is 0 Å². The Kier molecular flexibility index (Phi) is 7.85. The Labute approximate surface area is 358 Å². The molecule has 2 heterocycles.